The molecule has 0 spiro atoms. The number of carboxylic acids is 1. The van der Waals surface area contributed by atoms with Gasteiger partial charge in [-0.05, 0) is 0 Å². The predicted octanol–water partition coefficient (Wildman–Crippen LogP) is 0.511. The molecule has 0 bridgehead atoms. The number of hydrogen-bond donors (Lipinski definition) is 3. The summed E-state index contributed by atoms with van der Waals surface area (Å²) in [6.45, 7) is 0.971. The summed E-state index contributed by atoms with van der Waals surface area (Å²) >= 11 is 1.68. The van der Waals surface area contributed by atoms with Gasteiger partial charge >= 0.3 is 12.0 Å². The van der Waals surface area contributed by atoms with Crippen molar-refractivity contribution in [3.63, 3.8) is 0 Å². The fourth-order valence-electron chi connectivity index (χ4n) is 1.95. The van der Waals surface area contributed by atoms with E-state index in [4.69, 9.17) is 5.11 Å². The Morgan fingerprint density at radius 2 is 2.47 bits per heavy atom. The van der Waals surface area contributed by atoms with Crippen LogP contribution in [0.3, 0.4) is 0 Å². The molecule has 1 aromatic rings. The summed E-state index contributed by atoms with van der Waals surface area (Å²) in [5.74, 6) is 0.640. The number of nitrogens with one attached hydrogen (secondary N) is 2. The molecule has 2 heterocycles. The minimum atomic E-state index is -0.875. The summed E-state index contributed by atoms with van der Waals surface area (Å²) in [6, 6.07) is -0.451. The Kier molecular flexibility index (Phi) is 4.67. The van der Waals surface area contributed by atoms with Crippen LogP contribution in [0.4, 0.5) is 4.79 Å². The zero-order chi connectivity index (χ0) is 13.7. The van der Waals surface area contributed by atoms with Crippen LogP contribution in [0.2, 0.25) is 0 Å². The monoisotopic (exact) mass is 284 g/mol. The summed E-state index contributed by atoms with van der Waals surface area (Å²) in [5, 5.41) is 18.1. The molecular formula is C11H16N4O3S. The van der Waals surface area contributed by atoms with Crippen molar-refractivity contribution in [2.45, 2.75) is 19.0 Å². The van der Waals surface area contributed by atoms with Gasteiger partial charge in [-0.2, -0.15) is 16.9 Å². The molecule has 1 atom stereocenters. The smallest absolute Gasteiger partial charge is 0.317 e. The van der Waals surface area contributed by atoms with Gasteiger partial charge in [0, 0.05) is 36.4 Å². The molecule has 1 aliphatic rings. The second-order valence-corrected chi connectivity index (χ2v) is 5.44. The topological polar surface area (TPSA) is 98.3 Å². The zero-order valence-corrected chi connectivity index (χ0v) is 11.2. The molecule has 0 radical (unpaired) electrons. The normalized spacial score (nSPS) is 19.2. The van der Waals surface area contributed by atoms with Gasteiger partial charge in [0.25, 0.3) is 0 Å². The van der Waals surface area contributed by atoms with E-state index in [-0.39, 0.29) is 18.5 Å². The highest BCUT2D eigenvalue weighted by Crippen LogP contribution is 2.19. The second-order valence-electron chi connectivity index (χ2n) is 4.29. The van der Waals surface area contributed by atoms with Crippen molar-refractivity contribution >= 4 is 23.8 Å². The summed E-state index contributed by atoms with van der Waals surface area (Å²) in [7, 11) is 0. The van der Waals surface area contributed by atoms with Gasteiger partial charge < -0.3 is 15.3 Å². The second kappa shape index (κ2) is 6.46. The molecule has 104 valence electrons. The van der Waals surface area contributed by atoms with Crippen molar-refractivity contribution in [1.82, 2.24) is 20.4 Å². The average molecular weight is 284 g/mol. The molecular weight excluding hydrogens is 268 g/mol. The highest BCUT2D eigenvalue weighted by atomic mass is 32.2. The Hall–Kier alpha value is -1.70. The molecule has 3 N–H and O–H groups in total. The number of carboxylic acid groups (broad SMARTS) is 1. The molecule has 0 aliphatic carbocycles. The van der Waals surface area contributed by atoms with Gasteiger partial charge in [-0.1, -0.05) is 0 Å². The van der Waals surface area contributed by atoms with Crippen molar-refractivity contribution in [1.29, 1.82) is 0 Å². The highest BCUT2D eigenvalue weighted by molar-refractivity contribution is 7.99. The third-order valence-corrected chi connectivity index (χ3v) is 3.99. The first-order valence-electron chi connectivity index (χ1n) is 5.98. The lowest BCUT2D eigenvalue weighted by atomic mass is 10.2. The zero-order valence-electron chi connectivity index (χ0n) is 10.3. The first-order chi connectivity index (χ1) is 9.16. The number of carbonyl (C=O) groups is 2. The maximum absolute atomic E-state index is 12.1. The number of thioether (sulfide) groups is 1. The van der Waals surface area contributed by atoms with Crippen LogP contribution in [0.15, 0.2) is 12.4 Å². The lowest BCUT2D eigenvalue weighted by Gasteiger charge is -2.34. The number of aliphatic carboxylic acids is 1. The summed E-state index contributed by atoms with van der Waals surface area (Å²) < 4.78 is 0. The fraction of sp³-hybridized carbons (Fsp3) is 0.545. The van der Waals surface area contributed by atoms with Gasteiger partial charge in [-0.25, -0.2) is 4.79 Å². The Morgan fingerprint density at radius 3 is 3.16 bits per heavy atom. The van der Waals surface area contributed by atoms with E-state index < -0.39 is 5.97 Å². The van der Waals surface area contributed by atoms with Crippen LogP contribution in [-0.2, 0) is 11.3 Å². The largest absolute Gasteiger partial charge is 0.481 e. The molecule has 19 heavy (non-hydrogen) atoms. The van der Waals surface area contributed by atoms with E-state index >= 15 is 0 Å². The number of aromatic amines is 1. The molecule has 1 aromatic heterocycles. The summed E-state index contributed by atoms with van der Waals surface area (Å²) in [6.07, 6.45) is 3.34. The molecule has 8 heteroatoms. The molecule has 1 unspecified atom stereocenters. The molecule has 2 rings (SSSR count). The van der Waals surface area contributed by atoms with Crippen molar-refractivity contribution in [3.8, 4) is 0 Å². The quantitative estimate of drug-likeness (QED) is 0.748. The first kappa shape index (κ1) is 13.7. The maximum atomic E-state index is 12.1. The third kappa shape index (κ3) is 3.88. The molecule has 2 amide bonds. The predicted molar refractivity (Wildman–Crippen MR) is 70.9 cm³/mol. The van der Waals surface area contributed by atoms with Crippen LogP contribution in [-0.4, -0.2) is 56.3 Å². The minimum Gasteiger partial charge on any atom is -0.481 e. The van der Waals surface area contributed by atoms with E-state index in [1.165, 1.54) is 0 Å². The van der Waals surface area contributed by atoms with E-state index in [1.807, 2.05) is 0 Å². The molecule has 0 aromatic carbocycles. The van der Waals surface area contributed by atoms with Crippen molar-refractivity contribution in [3.05, 3.63) is 18.0 Å². The van der Waals surface area contributed by atoms with Gasteiger partial charge in [0.05, 0.1) is 18.7 Å². The Bertz CT molecular complexity index is 437. The van der Waals surface area contributed by atoms with E-state index in [2.05, 4.69) is 15.5 Å². The van der Waals surface area contributed by atoms with Gasteiger partial charge in [0.2, 0.25) is 0 Å². The number of aromatic nitrogens is 2. The number of hydrogen-bond acceptors (Lipinski definition) is 4. The average Bonchev–Trinajstić information content (AvgIpc) is 2.89. The van der Waals surface area contributed by atoms with E-state index in [9.17, 15) is 9.59 Å². The van der Waals surface area contributed by atoms with E-state index in [1.54, 1.807) is 29.1 Å². The van der Waals surface area contributed by atoms with Crippen LogP contribution < -0.4 is 5.32 Å². The highest BCUT2D eigenvalue weighted by Gasteiger charge is 2.28. The van der Waals surface area contributed by atoms with Crippen LogP contribution in [0.5, 0.6) is 0 Å². The summed E-state index contributed by atoms with van der Waals surface area (Å²) in [4.78, 5) is 24.5. The first-order valence-corrected chi connectivity index (χ1v) is 7.14. The third-order valence-electron chi connectivity index (χ3n) is 2.90. The lowest BCUT2D eigenvalue weighted by molar-refractivity contribution is -0.137. The van der Waals surface area contributed by atoms with Crippen LogP contribution in [0, 0.1) is 0 Å². The molecule has 1 saturated heterocycles. The minimum absolute atomic E-state index is 0.00781. The summed E-state index contributed by atoms with van der Waals surface area (Å²) in [5.41, 5.74) is 0.884. The number of rotatable bonds is 4. The Labute approximate surface area is 114 Å². The fourth-order valence-corrected chi connectivity index (χ4v) is 3.01. The molecule has 0 saturated carbocycles. The van der Waals surface area contributed by atoms with Gasteiger partial charge in [-0.15, -0.1) is 0 Å². The van der Waals surface area contributed by atoms with Crippen LogP contribution in [0.1, 0.15) is 12.0 Å². The Balaban J connectivity index is 1.89. The number of urea groups is 1. The van der Waals surface area contributed by atoms with Crippen molar-refractivity contribution < 1.29 is 14.7 Å². The van der Waals surface area contributed by atoms with Crippen LogP contribution >= 0.6 is 11.8 Å². The Morgan fingerprint density at radius 1 is 1.63 bits per heavy atom. The standard InChI is InChI=1S/C11H16N4O3S/c16-10(17)3-9-7-19-2-1-15(9)11(18)12-4-8-5-13-14-6-8/h5-6,9H,1-4,7H2,(H,12,18)(H,13,14)(H,16,17). The van der Waals surface area contributed by atoms with Gasteiger partial charge in [-0.3, -0.25) is 9.89 Å². The number of H-pyrrole nitrogens is 1. The van der Waals surface area contributed by atoms with Crippen LogP contribution in [0.25, 0.3) is 0 Å². The number of amides is 2. The molecule has 1 aliphatic heterocycles. The maximum Gasteiger partial charge on any atom is 0.317 e. The van der Waals surface area contributed by atoms with Gasteiger partial charge in [0.1, 0.15) is 0 Å². The van der Waals surface area contributed by atoms with Crippen molar-refractivity contribution in [2.75, 3.05) is 18.1 Å². The number of nitrogens with zero attached hydrogens (tertiary/aromatic N) is 2. The SMILES string of the molecule is O=C(O)CC1CSCCN1C(=O)NCc1cn[nH]c1. The molecule has 1 fully saturated rings. The van der Waals surface area contributed by atoms with E-state index in [0.717, 1.165) is 11.3 Å². The van der Waals surface area contributed by atoms with E-state index in [0.29, 0.717) is 18.8 Å². The lowest BCUT2D eigenvalue weighted by Crippen LogP contribution is -2.51. The molecule has 7 nitrogen and oxygen atoms in total. The number of carbonyl (C=O) groups excluding carboxylic acids is 1. The van der Waals surface area contributed by atoms with Gasteiger partial charge in [0.15, 0.2) is 0 Å². The van der Waals surface area contributed by atoms with Crippen molar-refractivity contribution in [2.24, 2.45) is 0 Å².